The largest absolute Gasteiger partial charge is 0.390 e. The summed E-state index contributed by atoms with van der Waals surface area (Å²) in [6.07, 6.45) is 2.25. The molecule has 0 bridgehead atoms. The predicted octanol–water partition coefficient (Wildman–Crippen LogP) is 4.18. The molecule has 5 rings (SSSR count). The molecule has 1 aliphatic heterocycles. The first-order valence-corrected chi connectivity index (χ1v) is 19.9. The minimum Gasteiger partial charge on any atom is -0.390 e. The second-order valence-electron chi connectivity index (χ2n) is 16.0. The summed E-state index contributed by atoms with van der Waals surface area (Å²) in [5.74, 6) is -1.21. The van der Waals surface area contributed by atoms with E-state index in [1.54, 1.807) is 6.07 Å². The number of nitrogens with zero attached hydrogens (tertiary/aromatic N) is 4. The maximum atomic E-state index is 13.9. The summed E-state index contributed by atoms with van der Waals surface area (Å²) in [5, 5.41) is 18.0. The lowest BCUT2D eigenvalue weighted by Crippen LogP contribution is -2.60. The number of hydrogen-bond acceptors (Lipinski definition) is 9. The van der Waals surface area contributed by atoms with E-state index in [4.69, 9.17) is 0 Å². The summed E-state index contributed by atoms with van der Waals surface area (Å²) < 4.78 is 27.3. The second-order valence-corrected chi connectivity index (χ2v) is 18.2. The van der Waals surface area contributed by atoms with Gasteiger partial charge in [0.05, 0.1) is 33.8 Å². The number of piperidine rings is 1. The third-order valence-electron chi connectivity index (χ3n) is 9.59. The Morgan fingerprint density at radius 2 is 1.59 bits per heavy atom. The van der Waals surface area contributed by atoms with Crippen LogP contribution in [0.15, 0.2) is 96.2 Å². The van der Waals surface area contributed by atoms with Crippen LogP contribution in [0.1, 0.15) is 70.4 Å². The van der Waals surface area contributed by atoms with Gasteiger partial charge in [0.1, 0.15) is 12.2 Å². The highest BCUT2D eigenvalue weighted by Crippen LogP contribution is 2.29. The van der Waals surface area contributed by atoms with Gasteiger partial charge in [0.25, 0.3) is 5.91 Å². The molecule has 0 unspecified atom stereocenters. The van der Waals surface area contributed by atoms with Gasteiger partial charge in [0.2, 0.25) is 11.8 Å². The zero-order chi connectivity index (χ0) is 39.3. The lowest BCUT2D eigenvalue weighted by molar-refractivity contribution is -0.130. The first-order chi connectivity index (χ1) is 25.4. The zero-order valence-electron chi connectivity index (χ0n) is 31.9. The molecule has 2 aromatic heterocycles. The normalized spacial score (nSPS) is 18.1. The van der Waals surface area contributed by atoms with E-state index in [9.17, 15) is 27.9 Å². The van der Waals surface area contributed by atoms with Crippen molar-refractivity contribution in [2.45, 2.75) is 100 Å². The number of para-hydroxylation sites is 1. The van der Waals surface area contributed by atoms with Crippen molar-refractivity contribution in [1.29, 1.82) is 0 Å². The van der Waals surface area contributed by atoms with Crippen LogP contribution in [0.25, 0.3) is 10.9 Å². The number of amides is 3. The molecule has 54 heavy (non-hydrogen) atoms. The Morgan fingerprint density at radius 3 is 2.26 bits per heavy atom. The van der Waals surface area contributed by atoms with Crippen LogP contribution in [0.4, 0.5) is 0 Å². The number of hydrogen-bond donors (Lipinski definition) is 3. The first kappa shape index (κ1) is 40.5. The van der Waals surface area contributed by atoms with Crippen molar-refractivity contribution >= 4 is 38.5 Å². The monoisotopic (exact) mass is 756 g/mol. The van der Waals surface area contributed by atoms with Crippen LogP contribution in [-0.4, -0.2) is 105 Å². The Balaban J connectivity index is 1.37. The van der Waals surface area contributed by atoms with Gasteiger partial charge in [-0.15, -0.1) is 0 Å². The Morgan fingerprint density at radius 1 is 0.926 bits per heavy atom. The topological polar surface area (TPSA) is 162 Å². The number of aliphatic hydroxyl groups is 1. The van der Waals surface area contributed by atoms with E-state index in [0.717, 1.165) is 10.9 Å². The Labute approximate surface area is 318 Å². The number of carbonyl (C=O) groups excluding carboxylic acids is 3. The number of rotatable bonds is 12. The highest BCUT2D eigenvalue weighted by Gasteiger charge is 2.42. The highest BCUT2D eigenvalue weighted by atomic mass is 32.2. The van der Waals surface area contributed by atoms with Crippen molar-refractivity contribution in [2.24, 2.45) is 0 Å². The Hall–Kier alpha value is -4.72. The molecule has 4 aromatic rings. The minimum absolute atomic E-state index is 0.00897. The molecule has 0 spiro atoms. The van der Waals surface area contributed by atoms with E-state index < -0.39 is 56.2 Å². The SMILES string of the molecule is CC(C)(C)NC(=O)[C@@H]1C[C@H](S(=O)(=O)c2ccncc2)CCN1C[C@@H](O)[C@H](Cc1ccccc1)NC(=O)CN(C(=O)c1ccc2ccccc2n1)C(C)(C)C. The molecule has 0 saturated carbocycles. The minimum atomic E-state index is -3.76. The van der Waals surface area contributed by atoms with Crippen LogP contribution < -0.4 is 10.6 Å². The summed E-state index contributed by atoms with van der Waals surface area (Å²) >= 11 is 0. The summed E-state index contributed by atoms with van der Waals surface area (Å²) in [6.45, 7) is 11.0. The van der Waals surface area contributed by atoms with E-state index in [1.165, 1.54) is 29.4 Å². The van der Waals surface area contributed by atoms with E-state index in [0.29, 0.717) is 5.52 Å². The number of aromatic nitrogens is 2. The number of sulfone groups is 1. The van der Waals surface area contributed by atoms with Crippen LogP contribution in [0, 0.1) is 0 Å². The number of nitrogens with one attached hydrogen (secondary N) is 2. The van der Waals surface area contributed by atoms with Crippen LogP contribution in [0.2, 0.25) is 0 Å². The Kier molecular flexibility index (Phi) is 12.5. The summed E-state index contributed by atoms with van der Waals surface area (Å²) in [6, 6.07) is 21.7. The predicted molar refractivity (Wildman–Crippen MR) is 208 cm³/mol. The van der Waals surface area contributed by atoms with Gasteiger partial charge >= 0.3 is 0 Å². The van der Waals surface area contributed by atoms with Gasteiger partial charge in [0.15, 0.2) is 9.84 Å². The number of carbonyl (C=O) groups is 3. The van der Waals surface area contributed by atoms with Gasteiger partial charge in [0, 0.05) is 41.9 Å². The molecule has 2 aromatic carbocycles. The second kappa shape index (κ2) is 16.7. The van der Waals surface area contributed by atoms with Gasteiger partial charge < -0.3 is 20.6 Å². The van der Waals surface area contributed by atoms with Crippen LogP contribution in [-0.2, 0) is 25.8 Å². The van der Waals surface area contributed by atoms with Crippen molar-refractivity contribution in [3.8, 4) is 0 Å². The molecular formula is C41H52N6O6S. The van der Waals surface area contributed by atoms with Crippen molar-refractivity contribution in [1.82, 2.24) is 30.4 Å². The van der Waals surface area contributed by atoms with Gasteiger partial charge in [-0.25, -0.2) is 13.4 Å². The lowest BCUT2D eigenvalue weighted by Gasteiger charge is -2.41. The van der Waals surface area contributed by atoms with Gasteiger partial charge in [-0.3, -0.25) is 24.3 Å². The van der Waals surface area contributed by atoms with Crippen LogP contribution >= 0.6 is 0 Å². The van der Waals surface area contributed by atoms with Gasteiger partial charge in [-0.1, -0.05) is 54.6 Å². The maximum absolute atomic E-state index is 13.9. The molecule has 1 aliphatic rings. The standard InChI is InChI=1S/C41H52N6O6S/c1-40(2,3)45-38(50)35-25-31(54(52,53)30-18-21-42-22-19-30)20-23-46(35)26-36(48)34(24-28-12-8-7-9-13-28)44-37(49)27-47(41(4,5)6)39(51)33-17-16-29-14-10-11-15-32(29)43-33/h7-19,21-22,31,34-36,48H,20,23-27H2,1-6H3,(H,44,49)(H,45,50)/t31-,34+,35+,36-/m1/s1. The molecular weight excluding hydrogens is 705 g/mol. The number of pyridine rings is 2. The van der Waals surface area contributed by atoms with Crippen molar-refractivity contribution in [3.05, 3.63) is 103 Å². The number of likely N-dealkylation sites (tertiary alicyclic amines) is 1. The molecule has 3 heterocycles. The maximum Gasteiger partial charge on any atom is 0.273 e. The molecule has 1 saturated heterocycles. The first-order valence-electron chi connectivity index (χ1n) is 18.3. The summed E-state index contributed by atoms with van der Waals surface area (Å²) in [5.41, 5.74) is 0.424. The molecule has 1 fully saturated rings. The smallest absolute Gasteiger partial charge is 0.273 e. The van der Waals surface area contributed by atoms with Gasteiger partial charge in [-0.2, -0.15) is 0 Å². The third-order valence-corrected chi connectivity index (χ3v) is 11.8. The molecule has 13 heteroatoms. The van der Waals surface area contributed by atoms with E-state index in [1.807, 2.05) is 107 Å². The molecule has 288 valence electrons. The highest BCUT2D eigenvalue weighted by molar-refractivity contribution is 7.92. The molecule has 12 nitrogen and oxygen atoms in total. The fourth-order valence-electron chi connectivity index (χ4n) is 6.78. The van der Waals surface area contributed by atoms with E-state index in [-0.39, 0.29) is 55.4 Å². The van der Waals surface area contributed by atoms with Crippen molar-refractivity contribution in [3.63, 3.8) is 0 Å². The number of fused-ring (bicyclic) bond motifs is 1. The molecule has 0 aliphatic carbocycles. The van der Waals surface area contributed by atoms with Gasteiger partial charge in [-0.05, 0) is 90.6 Å². The Bertz CT molecular complexity index is 2030. The fraction of sp³-hybridized carbons (Fsp3) is 0.439. The molecule has 4 atom stereocenters. The third kappa shape index (κ3) is 10.3. The molecule has 0 radical (unpaired) electrons. The van der Waals surface area contributed by atoms with Crippen LogP contribution in [0.5, 0.6) is 0 Å². The van der Waals surface area contributed by atoms with E-state index >= 15 is 0 Å². The quantitative estimate of drug-likeness (QED) is 0.193. The fourth-order valence-corrected chi connectivity index (χ4v) is 8.52. The van der Waals surface area contributed by atoms with Crippen LogP contribution in [0.3, 0.4) is 0 Å². The van der Waals surface area contributed by atoms with E-state index in [2.05, 4.69) is 20.6 Å². The number of β-amino-alcohol motifs (C(OH)–C–C–N with tert-alkyl or cyclic N) is 1. The summed E-state index contributed by atoms with van der Waals surface area (Å²) in [4.78, 5) is 53.5. The zero-order valence-corrected chi connectivity index (χ0v) is 32.7. The average molecular weight is 757 g/mol. The number of benzene rings is 2. The average Bonchev–Trinajstić information content (AvgIpc) is 3.12. The lowest BCUT2D eigenvalue weighted by atomic mass is 9.96. The molecule has 3 amide bonds. The summed E-state index contributed by atoms with van der Waals surface area (Å²) in [7, 11) is -3.76. The van der Waals surface area contributed by atoms with Crippen molar-refractivity contribution < 1.29 is 27.9 Å². The number of aliphatic hydroxyl groups excluding tert-OH is 1. The molecule has 3 N–H and O–H groups in total. The van der Waals surface area contributed by atoms with Crippen molar-refractivity contribution in [2.75, 3.05) is 19.6 Å².